The fourth-order valence-corrected chi connectivity index (χ4v) is 0.668. The second kappa shape index (κ2) is 6.53. The average Bonchev–Trinajstić information content (AvgIpc) is 2.05. The van der Waals surface area contributed by atoms with E-state index in [1.54, 1.807) is 6.92 Å². The van der Waals surface area contributed by atoms with Gasteiger partial charge in [-0.15, -0.1) is 6.42 Å². The molecule has 1 unspecified atom stereocenters. The summed E-state index contributed by atoms with van der Waals surface area (Å²) in [6.45, 7) is 4.54. The molecule has 0 saturated heterocycles. The largest absolute Gasteiger partial charge is 0.338 e. The van der Waals surface area contributed by atoms with Crippen LogP contribution in [0.15, 0.2) is 0 Å². The number of carbonyl (C=O) groups is 1. The molecule has 2 N–H and O–H groups in total. The van der Waals surface area contributed by atoms with Crippen LogP contribution in [0.1, 0.15) is 26.7 Å². The van der Waals surface area contributed by atoms with Gasteiger partial charge in [0.05, 0.1) is 6.04 Å². The first kappa shape index (κ1) is 10.8. The number of rotatable bonds is 4. The molecule has 0 aliphatic carbocycles. The summed E-state index contributed by atoms with van der Waals surface area (Å²) < 4.78 is 0. The van der Waals surface area contributed by atoms with Crippen LogP contribution in [0, 0.1) is 12.3 Å². The fraction of sp³-hybridized carbons (Fsp3) is 0.667. The number of unbranched alkanes of at least 4 members (excludes halogenated alkanes) is 1. The summed E-state index contributed by atoms with van der Waals surface area (Å²) in [7, 11) is 0. The lowest BCUT2D eigenvalue weighted by Gasteiger charge is -2.08. The third kappa shape index (κ3) is 5.60. The maximum Gasteiger partial charge on any atom is 0.315 e. The predicted octanol–water partition coefficient (Wildman–Crippen LogP) is 1.11. The standard InChI is InChI=1S/C9H16N2O/c1-4-6-7-10-9(12)11-8(3)5-2/h2,8H,4,6-7H2,1,3H3,(H2,10,11,12). The zero-order valence-electron chi connectivity index (χ0n) is 7.68. The Hall–Kier alpha value is -1.17. The number of terminal acetylenes is 1. The van der Waals surface area contributed by atoms with E-state index in [1.165, 1.54) is 0 Å². The molecular formula is C9H16N2O. The van der Waals surface area contributed by atoms with Crippen molar-refractivity contribution in [3.8, 4) is 12.3 Å². The Labute approximate surface area is 73.9 Å². The number of carbonyl (C=O) groups excluding carboxylic acids is 1. The molecule has 0 aliphatic rings. The highest BCUT2D eigenvalue weighted by atomic mass is 16.2. The second-order valence-electron chi connectivity index (χ2n) is 2.64. The van der Waals surface area contributed by atoms with Crippen LogP contribution in [0.5, 0.6) is 0 Å². The van der Waals surface area contributed by atoms with E-state index in [0.717, 1.165) is 12.8 Å². The van der Waals surface area contributed by atoms with Gasteiger partial charge >= 0.3 is 6.03 Å². The molecule has 1 atom stereocenters. The number of nitrogens with one attached hydrogen (secondary N) is 2. The van der Waals surface area contributed by atoms with Gasteiger partial charge in [-0.1, -0.05) is 19.3 Å². The molecule has 0 aromatic rings. The molecule has 0 aliphatic heterocycles. The predicted molar refractivity (Wildman–Crippen MR) is 49.7 cm³/mol. The Morgan fingerprint density at radius 3 is 2.83 bits per heavy atom. The molecule has 0 saturated carbocycles. The van der Waals surface area contributed by atoms with E-state index in [2.05, 4.69) is 23.5 Å². The summed E-state index contributed by atoms with van der Waals surface area (Å²) in [4.78, 5) is 11.0. The van der Waals surface area contributed by atoms with Gasteiger partial charge in [0.2, 0.25) is 0 Å². The smallest absolute Gasteiger partial charge is 0.315 e. The van der Waals surface area contributed by atoms with Gasteiger partial charge in [-0.2, -0.15) is 0 Å². The minimum Gasteiger partial charge on any atom is -0.338 e. The Morgan fingerprint density at radius 1 is 1.67 bits per heavy atom. The van der Waals surface area contributed by atoms with Crippen molar-refractivity contribution in [3.05, 3.63) is 0 Å². The van der Waals surface area contributed by atoms with Crippen LogP contribution in [0.25, 0.3) is 0 Å². The minimum absolute atomic E-state index is 0.186. The van der Waals surface area contributed by atoms with Crippen LogP contribution in [-0.2, 0) is 0 Å². The van der Waals surface area contributed by atoms with Crippen LogP contribution in [-0.4, -0.2) is 18.6 Å². The van der Waals surface area contributed by atoms with E-state index in [-0.39, 0.29) is 12.1 Å². The highest BCUT2D eigenvalue weighted by Crippen LogP contribution is 1.82. The molecule has 0 rings (SSSR count). The van der Waals surface area contributed by atoms with E-state index in [0.29, 0.717) is 6.54 Å². The SMILES string of the molecule is C#CC(C)NC(=O)NCCCC. The summed E-state index contributed by atoms with van der Waals surface area (Å²) in [6.07, 6.45) is 7.15. The van der Waals surface area contributed by atoms with Crippen molar-refractivity contribution in [2.75, 3.05) is 6.54 Å². The van der Waals surface area contributed by atoms with Crippen molar-refractivity contribution < 1.29 is 4.79 Å². The molecular weight excluding hydrogens is 152 g/mol. The monoisotopic (exact) mass is 168 g/mol. The molecule has 3 nitrogen and oxygen atoms in total. The lowest BCUT2D eigenvalue weighted by atomic mass is 10.3. The summed E-state index contributed by atoms with van der Waals surface area (Å²) in [5.74, 6) is 2.41. The van der Waals surface area contributed by atoms with E-state index in [1.807, 2.05) is 0 Å². The van der Waals surface area contributed by atoms with Gasteiger partial charge in [0.25, 0.3) is 0 Å². The average molecular weight is 168 g/mol. The van der Waals surface area contributed by atoms with Crippen LogP contribution < -0.4 is 10.6 Å². The van der Waals surface area contributed by atoms with Crippen molar-refractivity contribution in [1.29, 1.82) is 0 Å². The van der Waals surface area contributed by atoms with Gasteiger partial charge in [-0.3, -0.25) is 0 Å². The molecule has 0 radical (unpaired) electrons. The van der Waals surface area contributed by atoms with E-state index < -0.39 is 0 Å². The molecule has 0 heterocycles. The van der Waals surface area contributed by atoms with Crippen LogP contribution in [0.3, 0.4) is 0 Å². The van der Waals surface area contributed by atoms with Crippen molar-refractivity contribution in [2.45, 2.75) is 32.7 Å². The highest BCUT2D eigenvalue weighted by Gasteiger charge is 2.01. The van der Waals surface area contributed by atoms with Crippen LogP contribution >= 0.6 is 0 Å². The van der Waals surface area contributed by atoms with Crippen molar-refractivity contribution in [3.63, 3.8) is 0 Å². The van der Waals surface area contributed by atoms with E-state index in [9.17, 15) is 4.79 Å². The molecule has 0 bridgehead atoms. The number of urea groups is 1. The molecule has 0 aromatic carbocycles. The minimum atomic E-state index is -0.202. The molecule has 0 fully saturated rings. The summed E-state index contributed by atoms with van der Waals surface area (Å²) >= 11 is 0. The first-order chi connectivity index (χ1) is 5.70. The van der Waals surface area contributed by atoms with Crippen LogP contribution in [0.4, 0.5) is 4.79 Å². The molecule has 2 amide bonds. The molecule has 0 aromatic heterocycles. The Bertz CT molecular complexity index is 172. The lowest BCUT2D eigenvalue weighted by Crippen LogP contribution is -2.40. The molecule has 3 heteroatoms. The zero-order chi connectivity index (χ0) is 9.40. The number of hydrogen-bond donors (Lipinski definition) is 2. The maximum atomic E-state index is 11.0. The second-order valence-corrected chi connectivity index (χ2v) is 2.64. The molecule has 0 spiro atoms. The Kier molecular flexibility index (Phi) is 5.90. The zero-order valence-corrected chi connectivity index (χ0v) is 7.68. The van der Waals surface area contributed by atoms with Crippen molar-refractivity contribution >= 4 is 6.03 Å². The van der Waals surface area contributed by atoms with Gasteiger partial charge in [-0.25, -0.2) is 4.79 Å². The van der Waals surface area contributed by atoms with E-state index >= 15 is 0 Å². The van der Waals surface area contributed by atoms with Gasteiger partial charge in [-0.05, 0) is 13.3 Å². The quantitative estimate of drug-likeness (QED) is 0.479. The van der Waals surface area contributed by atoms with Crippen molar-refractivity contribution in [1.82, 2.24) is 10.6 Å². The van der Waals surface area contributed by atoms with Gasteiger partial charge < -0.3 is 10.6 Å². The summed E-state index contributed by atoms with van der Waals surface area (Å²) in [5.41, 5.74) is 0. The highest BCUT2D eigenvalue weighted by molar-refractivity contribution is 5.74. The summed E-state index contributed by atoms with van der Waals surface area (Å²) in [6, 6.07) is -0.388. The third-order valence-corrected chi connectivity index (χ3v) is 1.41. The van der Waals surface area contributed by atoms with Gasteiger partial charge in [0.1, 0.15) is 0 Å². The summed E-state index contributed by atoms with van der Waals surface area (Å²) in [5, 5.41) is 5.31. The fourth-order valence-electron chi connectivity index (χ4n) is 0.668. The topological polar surface area (TPSA) is 41.1 Å². The van der Waals surface area contributed by atoms with Gasteiger partial charge in [0.15, 0.2) is 0 Å². The first-order valence-electron chi connectivity index (χ1n) is 4.21. The van der Waals surface area contributed by atoms with E-state index in [4.69, 9.17) is 6.42 Å². The van der Waals surface area contributed by atoms with Crippen molar-refractivity contribution in [2.24, 2.45) is 0 Å². The Balaban J connectivity index is 3.41. The Morgan fingerprint density at radius 2 is 2.33 bits per heavy atom. The third-order valence-electron chi connectivity index (χ3n) is 1.41. The number of amides is 2. The maximum absolute atomic E-state index is 11.0. The lowest BCUT2D eigenvalue weighted by molar-refractivity contribution is 0.239. The molecule has 12 heavy (non-hydrogen) atoms. The van der Waals surface area contributed by atoms with Gasteiger partial charge in [0, 0.05) is 6.54 Å². The first-order valence-corrected chi connectivity index (χ1v) is 4.21. The number of hydrogen-bond acceptors (Lipinski definition) is 1. The van der Waals surface area contributed by atoms with Crippen LogP contribution in [0.2, 0.25) is 0 Å². The molecule has 68 valence electrons. The normalized spacial score (nSPS) is 11.4.